The first-order chi connectivity index (χ1) is 9.72. The fourth-order valence-corrected chi connectivity index (χ4v) is 2.89. The molecule has 0 aliphatic heterocycles. The van der Waals surface area contributed by atoms with Crippen molar-refractivity contribution in [1.29, 1.82) is 0 Å². The molecule has 2 N–H and O–H groups in total. The first-order valence-electron chi connectivity index (χ1n) is 7.74. The lowest BCUT2D eigenvalue weighted by Gasteiger charge is -2.29. The summed E-state index contributed by atoms with van der Waals surface area (Å²) in [6.07, 6.45) is 5.93. The molecule has 1 saturated carbocycles. The number of hydrogen-bond acceptors (Lipinski definition) is 3. The molecular formula is C16H25N3O. The summed E-state index contributed by atoms with van der Waals surface area (Å²) >= 11 is 0. The normalized spacial score (nSPS) is 22.3. The van der Waals surface area contributed by atoms with Crippen molar-refractivity contribution in [3.05, 3.63) is 23.9 Å². The van der Waals surface area contributed by atoms with Gasteiger partial charge in [0, 0.05) is 12.6 Å². The van der Waals surface area contributed by atoms with Crippen LogP contribution >= 0.6 is 0 Å². The summed E-state index contributed by atoms with van der Waals surface area (Å²) in [6, 6.07) is 5.84. The first-order valence-corrected chi connectivity index (χ1v) is 7.74. The second-order valence-corrected chi connectivity index (χ2v) is 5.55. The van der Waals surface area contributed by atoms with Crippen molar-refractivity contribution in [3.8, 4) is 0 Å². The summed E-state index contributed by atoms with van der Waals surface area (Å²) in [5, 5.41) is 6.27. The molecule has 1 aliphatic carbocycles. The second kappa shape index (κ2) is 7.27. The van der Waals surface area contributed by atoms with Gasteiger partial charge in [0.1, 0.15) is 11.5 Å². The number of amides is 1. The number of anilines is 1. The average Bonchev–Trinajstić information content (AvgIpc) is 2.48. The van der Waals surface area contributed by atoms with Gasteiger partial charge in [0.05, 0.1) is 0 Å². The highest BCUT2D eigenvalue weighted by Crippen LogP contribution is 2.26. The van der Waals surface area contributed by atoms with Crippen molar-refractivity contribution in [2.24, 2.45) is 5.92 Å². The van der Waals surface area contributed by atoms with Crippen molar-refractivity contribution >= 4 is 11.7 Å². The van der Waals surface area contributed by atoms with Gasteiger partial charge in [-0.2, -0.15) is 0 Å². The lowest BCUT2D eigenvalue weighted by Crippen LogP contribution is -2.38. The Hall–Kier alpha value is -1.58. The van der Waals surface area contributed by atoms with Crippen molar-refractivity contribution in [2.45, 2.75) is 52.0 Å². The SMILES string of the molecule is CCNc1cccc(C(=O)NC2CCCC(CC)C2)n1. The number of pyridine rings is 1. The molecule has 4 heteroatoms. The predicted octanol–water partition coefficient (Wildman–Crippen LogP) is 3.21. The van der Waals surface area contributed by atoms with Crippen LogP contribution in [0.4, 0.5) is 5.82 Å². The van der Waals surface area contributed by atoms with Crippen LogP contribution < -0.4 is 10.6 Å². The van der Waals surface area contributed by atoms with E-state index in [-0.39, 0.29) is 5.91 Å². The van der Waals surface area contributed by atoms with E-state index in [9.17, 15) is 4.79 Å². The van der Waals surface area contributed by atoms with E-state index < -0.39 is 0 Å². The third-order valence-electron chi connectivity index (χ3n) is 4.04. The zero-order chi connectivity index (χ0) is 14.4. The van der Waals surface area contributed by atoms with Crippen LogP contribution in [0.3, 0.4) is 0 Å². The van der Waals surface area contributed by atoms with Gasteiger partial charge in [-0.15, -0.1) is 0 Å². The Morgan fingerprint density at radius 3 is 2.95 bits per heavy atom. The smallest absolute Gasteiger partial charge is 0.270 e. The topological polar surface area (TPSA) is 54.0 Å². The second-order valence-electron chi connectivity index (χ2n) is 5.55. The van der Waals surface area contributed by atoms with E-state index in [1.807, 2.05) is 19.1 Å². The minimum absolute atomic E-state index is 0.0495. The maximum atomic E-state index is 12.3. The van der Waals surface area contributed by atoms with Gasteiger partial charge < -0.3 is 10.6 Å². The summed E-state index contributed by atoms with van der Waals surface area (Å²) in [5.41, 5.74) is 0.502. The van der Waals surface area contributed by atoms with Crippen LogP contribution in [0.15, 0.2) is 18.2 Å². The fraction of sp³-hybridized carbons (Fsp3) is 0.625. The predicted molar refractivity (Wildman–Crippen MR) is 81.9 cm³/mol. The summed E-state index contributed by atoms with van der Waals surface area (Å²) < 4.78 is 0. The van der Waals surface area contributed by atoms with Gasteiger partial charge in [0.2, 0.25) is 0 Å². The van der Waals surface area contributed by atoms with Crippen LogP contribution in [-0.4, -0.2) is 23.5 Å². The Kier molecular flexibility index (Phi) is 5.39. The van der Waals surface area contributed by atoms with Crippen molar-refractivity contribution < 1.29 is 4.79 Å². The molecule has 0 spiro atoms. The molecule has 0 radical (unpaired) electrons. The number of carbonyl (C=O) groups excluding carboxylic acids is 1. The highest BCUT2D eigenvalue weighted by molar-refractivity contribution is 5.92. The minimum atomic E-state index is -0.0495. The monoisotopic (exact) mass is 275 g/mol. The maximum absolute atomic E-state index is 12.3. The van der Waals surface area contributed by atoms with Gasteiger partial charge in [-0.1, -0.05) is 32.3 Å². The molecule has 110 valence electrons. The van der Waals surface area contributed by atoms with Crippen LogP contribution in [0.2, 0.25) is 0 Å². The van der Waals surface area contributed by atoms with E-state index in [1.54, 1.807) is 6.07 Å². The van der Waals surface area contributed by atoms with Crippen LogP contribution in [0.1, 0.15) is 56.4 Å². The number of carbonyl (C=O) groups is 1. The van der Waals surface area contributed by atoms with Crippen molar-refractivity contribution in [2.75, 3.05) is 11.9 Å². The summed E-state index contributed by atoms with van der Waals surface area (Å²) in [6.45, 7) is 5.05. The van der Waals surface area contributed by atoms with Gasteiger partial charge in [-0.05, 0) is 37.8 Å². The molecule has 1 aliphatic rings. The third kappa shape index (κ3) is 3.95. The third-order valence-corrected chi connectivity index (χ3v) is 4.04. The van der Waals surface area contributed by atoms with Crippen LogP contribution in [-0.2, 0) is 0 Å². The van der Waals surface area contributed by atoms with Gasteiger partial charge in [0.15, 0.2) is 0 Å². The number of nitrogens with one attached hydrogen (secondary N) is 2. The molecule has 2 unspecified atom stereocenters. The molecule has 1 heterocycles. The molecule has 0 saturated heterocycles. The highest BCUT2D eigenvalue weighted by Gasteiger charge is 2.22. The Bertz CT molecular complexity index is 447. The average molecular weight is 275 g/mol. The molecule has 1 fully saturated rings. The number of nitrogens with zero attached hydrogens (tertiary/aromatic N) is 1. The quantitative estimate of drug-likeness (QED) is 0.867. The fourth-order valence-electron chi connectivity index (χ4n) is 2.89. The molecular weight excluding hydrogens is 250 g/mol. The van der Waals surface area contributed by atoms with Crippen LogP contribution in [0, 0.1) is 5.92 Å². The Morgan fingerprint density at radius 2 is 2.20 bits per heavy atom. The summed E-state index contributed by atoms with van der Waals surface area (Å²) in [5.74, 6) is 1.47. The zero-order valence-corrected chi connectivity index (χ0v) is 12.5. The lowest BCUT2D eigenvalue weighted by atomic mass is 9.84. The van der Waals surface area contributed by atoms with E-state index in [4.69, 9.17) is 0 Å². The van der Waals surface area contributed by atoms with Gasteiger partial charge in [-0.3, -0.25) is 4.79 Å². The number of hydrogen-bond donors (Lipinski definition) is 2. The standard InChI is InChI=1S/C16H25N3O/c1-3-12-7-5-8-13(11-12)18-16(20)14-9-6-10-15(19-14)17-4-2/h6,9-10,12-13H,3-5,7-8,11H2,1-2H3,(H,17,19)(H,18,20). The molecule has 0 aromatic carbocycles. The molecule has 2 rings (SSSR count). The molecule has 2 atom stereocenters. The molecule has 4 nitrogen and oxygen atoms in total. The Balaban J connectivity index is 1.95. The van der Waals surface area contributed by atoms with Gasteiger partial charge >= 0.3 is 0 Å². The summed E-state index contributed by atoms with van der Waals surface area (Å²) in [4.78, 5) is 16.6. The van der Waals surface area contributed by atoms with Crippen molar-refractivity contribution in [3.63, 3.8) is 0 Å². The van der Waals surface area contributed by atoms with Gasteiger partial charge in [-0.25, -0.2) is 4.98 Å². The van der Waals surface area contributed by atoms with E-state index >= 15 is 0 Å². The maximum Gasteiger partial charge on any atom is 0.270 e. The van der Waals surface area contributed by atoms with Crippen LogP contribution in [0.25, 0.3) is 0 Å². The lowest BCUT2D eigenvalue weighted by molar-refractivity contribution is 0.0914. The molecule has 1 aromatic heterocycles. The molecule has 20 heavy (non-hydrogen) atoms. The molecule has 0 bridgehead atoms. The highest BCUT2D eigenvalue weighted by atomic mass is 16.1. The van der Waals surface area contributed by atoms with E-state index in [0.29, 0.717) is 11.7 Å². The van der Waals surface area contributed by atoms with Crippen LogP contribution in [0.5, 0.6) is 0 Å². The molecule has 1 amide bonds. The first kappa shape index (κ1) is 14.8. The largest absolute Gasteiger partial charge is 0.370 e. The summed E-state index contributed by atoms with van der Waals surface area (Å²) in [7, 11) is 0. The molecule has 1 aromatic rings. The number of aromatic nitrogens is 1. The Labute approximate surface area is 121 Å². The van der Waals surface area contributed by atoms with E-state index in [2.05, 4.69) is 22.5 Å². The van der Waals surface area contributed by atoms with E-state index in [0.717, 1.165) is 31.1 Å². The van der Waals surface area contributed by atoms with Crippen molar-refractivity contribution in [1.82, 2.24) is 10.3 Å². The zero-order valence-electron chi connectivity index (χ0n) is 12.5. The van der Waals surface area contributed by atoms with Gasteiger partial charge in [0.25, 0.3) is 5.91 Å². The minimum Gasteiger partial charge on any atom is -0.370 e. The Morgan fingerprint density at radius 1 is 1.35 bits per heavy atom. The number of rotatable bonds is 5. The van der Waals surface area contributed by atoms with E-state index in [1.165, 1.54) is 19.3 Å².